The Hall–Kier alpha value is -1.22. The fraction of sp³-hybridized carbons (Fsp3) is 0.625. The third-order valence-corrected chi connectivity index (χ3v) is 4.15. The molecule has 0 bridgehead atoms. The van der Waals surface area contributed by atoms with Crippen LogP contribution in [0.5, 0.6) is 11.5 Å². The summed E-state index contributed by atoms with van der Waals surface area (Å²) in [7, 11) is 1.66. The minimum absolute atomic E-state index is 0.221. The number of aliphatic hydroxyl groups is 1. The number of benzene rings is 1. The van der Waals surface area contributed by atoms with Crippen LogP contribution in [0.1, 0.15) is 49.8 Å². The molecule has 1 fully saturated rings. The molecule has 1 aromatic carbocycles. The van der Waals surface area contributed by atoms with Crippen LogP contribution in [-0.2, 0) is 6.42 Å². The smallest absolute Gasteiger partial charge is 0.125 e. The predicted octanol–water partition coefficient (Wildman–Crippen LogP) is 3.24. The first-order valence-corrected chi connectivity index (χ1v) is 7.23. The number of aliphatic hydroxyl groups excluding tert-OH is 1. The molecule has 1 aliphatic carbocycles. The number of rotatable bonds is 5. The van der Waals surface area contributed by atoms with Gasteiger partial charge in [-0.05, 0) is 37.8 Å². The zero-order valence-electron chi connectivity index (χ0n) is 11.7. The number of methoxy groups -OCH3 is 1. The van der Waals surface area contributed by atoms with Crippen LogP contribution in [0.25, 0.3) is 0 Å². The van der Waals surface area contributed by atoms with Crippen molar-refractivity contribution in [2.24, 2.45) is 5.92 Å². The molecule has 3 rings (SSSR count). The zero-order valence-corrected chi connectivity index (χ0v) is 11.7. The predicted molar refractivity (Wildman–Crippen MR) is 73.7 cm³/mol. The van der Waals surface area contributed by atoms with Crippen LogP contribution in [0.15, 0.2) is 12.1 Å². The van der Waals surface area contributed by atoms with Gasteiger partial charge in [-0.25, -0.2) is 0 Å². The van der Waals surface area contributed by atoms with Gasteiger partial charge < -0.3 is 14.6 Å². The molecule has 1 saturated carbocycles. The van der Waals surface area contributed by atoms with E-state index in [-0.39, 0.29) is 6.10 Å². The van der Waals surface area contributed by atoms with Gasteiger partial charge in [0.15, 0.2) is 0 Å². The highest BCUT2D eigenvalue weighted by atomic mass is 16.5. The Balaban J connectivity index is 1.80. The van der Waals surface area contributed by atoms with E-state index >= 15 is 0 Å². The SMILES string of the molecule is COc1cc2c(cc1C(O)CCC1CC1)OC(C)C2. The average Bonchev–Trinajstić information content (AvgIpc) is 3.15. The summed E-state index contributed by atoms with van der Waals surface area (Å²) in [4.78, 5) is 0. The summed E-state index contributed by atoms with van der Waals surface area (Å²) in [5.41, 5.74) is 2.05. The zero-order chi connectivity index (χ0) is 13.4. The first-order valence-electron chi connectivity index (χ1n) is 7.23. The van der Waals surface area contributed by atoms with Gasteiger partial charge in [0.1, 0.15) is 17.6 Å². The van der Waals surface area contributed by atoms with Crippen molar-refractivity contribution >= 4 is 0 Å². The molecule has 1 aliphatic heterocycles. The molecule has 0 spiro atoms. The van der Waals surface area contributed by atoms with Crippen LogP contribution in [0.4, 0.5) is 0 Å². The molecular weight excluding hydrogens is 240 g/mol. The van der Waals surface area contributed by atoms with Gasteiger partial charge in [-0.15, -0.1) is 0 Å². The minimum Gasteiger partial charge on any atom is -0.496 e. The summed E-state index contributed by atoms with van der Waals surface area (Å²) >= 11 is 0. The molecule has 1 heterocycles. The molecule has 3 nitrogen and oxygen atoms in total. The summed E-state index contributed by atoms with van der Waals surface area (Å²) in [6.07, 6.45) is 5.28. The van der Waals surface area contributed by atoms with Crippen molar-refractivity contribution in [3.8, 4) is 11.5 Å². The third-order valence-electron chi connectivity index (χ3n) is 4.15. The molecule has 19 heavy (non-hydrogen) atoms. The molecule has 2 unspecified atom stereocenters. The van der Waals surface area contributed by atoms with Gasteiger partial charge in [-0.1, -0.05) is 12.8 Å². The van der Waals surface area contributed by atoms with E-state index in [1.165, 1.54) is 18.4 Å². The molecule has 0 aromatic heterocycles. The largest absolute Gasteiger partial charge is 0.496 e. The summed E-state index contributed by atoms with van der Waals surface area (Å²) < 4.78 is 11.2. The topological polar surface area (TPSA) is 38.7 Å². The lowest BCUT2D eigenvalue weighted by molar-refractivity contribution is 0.157. The van der Waals surface area contributed by atoms with Crippen LogP contribution < -0.4 is 9.47 Å². The highest BCUT2D eigenvalue weighted by Crippen LogP contribution is 2.41. The van der Waals surface area contributed by atoms with Gasteiger partial charge in [0.25, 0.3) is 0 Å². The van der Waals surface area contributed by atoms with Crippen molar-refractivity contribution in [2.75, 3.05) is 7.11 Å². The van der Waals surface area contributed by atoms with E-state index in [1.54, 1.807) is 7.11 Å². The fourth-order valence-corrected chi connectivity index (χ4v) is 2.85. The lowest BCUT2D eigenvalue weighted by Crippen LogP contribution is -2.05. The van der Waals surface area contributed by atoms with E-state index in [2.05, 4.69) is 6.92 Å². The number of hydrogen-bond donors (Lipinski definition) is 1. The maximum atomic E-state index is 10.4. The maximum absolute atomic E-state index is 10.4. The normalized spacial score (nSPS) is 22.8. The highest BCUT2D eigenvalue weighted by molar-refractivity contribution is 5.49. The molecule has 0 amide bonds. The first-order chi connectivity index (χ1) is 9.17. The molecule has 3 heteroatoms. The average molecular weight is 262 g/mol. The Kier molecular flexibility index (Phi) is 3.40. The first kappa shape index (κ1) is 12.8. The van der Waals surface area contributed by atoms with Crippen LogP contribution in [0.3, 0.4) is 0 Å². The summed E-state index contributed by atoms with van der Waals surface area (Å²) in [6.45, 7) is 2.07. The Bertz CT molecular complexity index is 465. The van der Waals surface area contributed by atoms with E-state index in [4.69, 9.17) is 9.47 Å². The molecule has 2 atom stereocenters. The quantitative estimate of drug-likeness (QED) is 0.885. The number of hydrogen-bond acceptors (Lipinski definition) is 3. The van der Waals surface area contributed by atoms with Crippen molar-refractivity contribution in [1.82, 2.24) is 0 Å². The second kappa shape index (κ2) is 5.04. The fourth-order valence-electron chi connectivity index (χ4n) is 2.85. The standard InChI is InChI=1S/C16H22O3/c1-10-7-12-8-16(18-2)13(9-15(12)19-10)14(17)6-5-11-3-4-11/h8-11,14,17H,3-7H2,1-2H3. The van der Waals surface area contributed by atoms with Crippen LogP contribution in [0, 0.1) is 5.92 Å². The lowest BCUT2D eigenvalue weighted by atomic mass is 9.99. The van der Waals surface area contributed by atoms with Gasteiger partial charge >= 0.3 is 0 Å². The molecule has 1 aromatic rings. The van der Waals surface area contributed by atoms with E-state index in [1.807, 2.05) is 12.1 Å². The van der Waals surface area contributed by atoms with Crippen molar-refractivity contribution in [1.29, 1.82) is 0 Å². The summed E-state index contributed by atoms with van der Waals surface area (Å²) in [6, 6.07) is 3.99. The van der Waals surface area contributed by atoms with Crippen LogP contribution >= 0.6 is 0 Å². The second-order valence-electron chi connectivity index (χ2n) is 5.87. The Labute approximate surface area is 114 Å². The van der Waals surface area contributed by atoms with Gasteiger partial charge in [-0.3, -0.25) is 0 Å². The van der Waals surface area contributed by atoms with Crippen molar-refractivity contribution in [3.63, 3.8) is 0 Å². The highest BCUT2D eigenvalue weighted by Gasteiger charge is 2.26. The van der Waals surface area contributed by atoms with Gasteiger partial charge in [0.05, 0.1) is 13.2 Å². The van der Waals surface area contributed by atoms with Gasteiger partial charge in [-0.2, -0.15) is 0 Å². The third kappa shape index (κ3) is 2.71. The molecular formula is C16H22O3. The van der Waals surface area contributed by atoms with E-state index < -0.39 is 6.10 Å². The maximum Gasteiger partial charge on any atom is 0.125 e. The number of fused-ring (bicyclic) bond motifs is 1. The summed E-state index contributed by atoms with van der Waals surface area (Å²) in [5.74, 6) is 2.54. The van der Waals surface area contributed by atoms with Gasteiger partial charge in [0.2, 0.25) is 0 Å². The molecule has 0 saturated heterocycles. The van der Waals surface area contributed by atoms with Crippen molar-refractivity contribution in [3.05, 3.63) is 23.3 Å². The van der Waals surface area contributed by atoms with Crippen LogP contribution in [0.2, 0.25) is 0 Å². The molecule has 2 aliphatic rings. The van der Waals surface area contributed by atoms with Gasteiger partial charge in [0, 0.05) is 17.5 Å². The van der Waals surface area contributed by atoms with Crippen molar-refractivity contribution in [2.45, 2.75) is 51.2 Å². The van der Waals surface area contributed by atoms with E-state index in [0.717, 1.165) is 42.2 Å². The monoisotopic (exact) mass is 262 g/mol. The molecule has 1 N–H and O–H groups in total. The van der Waals surface area contributed by atoms with E-state index in [9.17, 15) is 5.11 Å². The number of ether oxygens (including phenoxy) is 2. The molecule has 0 radical (unpaired) electrons. The molecule has 104 valence electrons. The van der Waals surface area contributed by atoms with Crippen LogP contribution in [-0.4, -0.2) is 18.3 Å². The Morgan fingerprint density at radius 3 is 2.89 bits per heavy atom. The van der Waals surface area contributed by atoms with E-state index in [0.29, 0.717) is 0 Å². The Morgan fingerprint density at radius 1 is 1.42 bits per heavy atom. The second-order valence-corrected chi connectivity index (χ2v) is 5.87. The Morgan fingerprint density at radius 2 is 2.21 bits per heavy atom. The lowest BCUT2D eigenvalue weighted by Gasteiger charge is -2.16. The minimum atomic E-state index is -0.444. The van der Waals surface area contributed by atoms with Crippen molar-refractivity contribution < 1.29 is 14.6 Å². The summed E-state index contributed by atoms with van der Waals surface area (Å²) in [5, 5.41) is 10.4.